The first kappa shape index (κ1) is 23.9. The van der Waals surface area contributed by atoms with E-state index in [0.29, 0.717) is 6.42 Å². The van der Waals surface area contributed by atoms with Crippen LogP contribution in [0.1, 0.15) is 25.7 Å². The van der Waals surface area contributed by atoms with Crippen molar-refractivity contribution in [2.75, 3.05) is 33.9 Å². The molecule has 0 aromatic rings. The first-order valence-electron chi connectivity index (χ1n) is 8.28. The van der Waals surface area contributed by atoms with Crippen molar-refractivity contribution in [3.8, 4) is 0 Å². The maximum absolute atomic E-state index is 11.9. The minimum absolute atomic E-state index is 0.00454. The van der Waals surface area contributed by atoms with Gasteiger partial charge in [0.25, 0.3) is 0 Å². The van der Waals surface area contributed by atoms with E-state index >= 15 is 0 Å². The quantitative estimate of drug-likeness (QED) is 0.362. The summed E-state index contributed by atoms with van der Waals surface area (Å²) in [5.74, 6) is -1.70. The fourth-order valence-corrected chi connectivity index (χ4v) is 1.82. The third-order valence-corrected chi connectivity index (χ3v) is 3.03. The van der Waals surface area contributed by atoms with Crippen LogP contribution in [-0.4, -0.2) is 62.8 Å². The van der Waals surface area contributed by atoms with Gasteiger partial charge >= 0.3 is 17.9 Å². The molecule has 4 radical (unpaired) electrons. The predicted octanol–water partition coefficient (Wildman–Crippen LogP) is 1.64. The summed E-state index contributed by atoms with van der Waals surface area (Å²) >= 11 is 0. The lowest BCUT2D eigenvalue weighted by Gasteiger charge is -2.17. The lowest BCUT2D eigenvalue weighted by atomic mass is 10.2. The summed E-state index contributed by atoms with van der Waals surface area (Å²) in [6.45, 7) is 11.0. The third kappa shape index (κ3) is 14.2. The van der Waals surface area contributed by atoms with Crippen LogP contribution in [0, 0.1) is 13.8 Å². The van der Waals surface area contributed by atoms with Crippen LogP contribution in [0.2, 0.25) is 0 Å². The second-order valence-corrected chi connectivity index (χ2v) is 5.65. The number of nitrogens with zero attached hydrogens (tertiary/aromatic N) is 1. The molecule has 0 fully saturated rings. The van der Waals surface area contributed by atoms with Crippen molar-refractivity contribution in [2.24, 2.45) is 0 Å². The van der Waals surface area contributed by atoms with Crippen molar-refractivity contribution in [1.82, 2.24) is 4.90 Å². The zero-order valence-corrected chi connectivity index (χ0v) is 15.4. The Morgan fingerprint density at radius 1 is 0.923 bits per heavy atom. The molecule has 7 nitrogen and oxygen atoms in total. The van der Waals surface area contributed by atoms with E-state index in [1.54, 1.807) is 0 Å². The molecule has 0 aliphatic heterocycles. The second-order valence-electron chi connectivity index (χ2n) is 5.65. The Morgan fingerprint density at radius 2 is 1.42 bits per heavy atom. The van der Waals surface area contributed by atoms with Gasteiger partial charge in [-0.3, -0.25) is 14.4 Å². The average molecular weight is 365 g/mol. The van der Waals surface area contributed by atoms with E-state index in [-0.39, 0.29) is 32.5 Å². The van der Waals surface area contributed by atoms with Gasteiger partial charge in [0, 0.05) is 6.42 Å². The van der Waals surface area contributed by atoms with Crippen LogP contribution in [0.4, 0.5) is 0 Å². The fraction of sp³-hybridized carbons (Fsp3) is 0.526. The summed E-state index contributed by atoms with van der Waals surface area (Å²) < 4.78 is 15.0. The van der Waals surface area contributed by atoms with E-state index in [0.717, 1.165) is 6.54 Å². The molecule has 0 saturated heterocycles. The van der Waals surface area contributed by atoms with Gasteiger partial charge in [-0.2, -0.15) is 0 Å². The van der Waals surface area contributed by atoms with Crippen molar-refractivity contribution in [3.63, 3.8) is 0 Å². The van der Waals surface area contributed by atoms with Crippen LogP contribution in [0.3, 0.4) is 0 Å². The van der Waals surface area contributed by atoms with Crippen LogP contribution in [0.25, 0.3) is 0 Å². The first-order valence-corrected chi connectivity index (χ1v) is 8.28. The summed E-state index contributed by atoms with van der Waals surface area (Å²) in [6.07, 6.45) is 4.74. The van der Waals surface area contributed by atoms with E-state index in [9.17, 15) is 14.4 Å². The number of hydrogen-bond acceptors (Lipinski definition) is 7. The smallest absolute Gasteiger partial charge is 0.309 e. The summed E-state index contributed by atoms with van der Waals surface area (Å²) in [5.41, 5.74) is 0. The van der Waals surface area contributed by atoms with E-state index in [1.807, 2.05) is 19.0 Å². The van der Waals surface area contributed by atoms with Crippen LogP contribution in [-0.2, 0) is 28.6 Å². The van der Waals surface area contributed by atoms with E-state index in [2.05, 4.69) is 0 Å². The Kier molecular flexibility index (Phi) is 13.9. The maximum atomic E-state index is 11.9. The van der Waals surface area contributed by atoms with Gasteiger partial charge in [-0.1, -0.05) is 24.3 Å². The number of ether oxygens (including phenoxy) is 3. The number of hydrogen-bond donors (Lipinski definition) is 0. The third-order valence-electron chi connectivity index (χ3n) is 3.03. The number of carbonyl (C=O) groups is 3. The van der Waals surface area contributed by atoms with Gasteiger partial charge in [0.05, 0.1) is 12.8 Å². The summed E-state index contributed by atoms with van der Waals surface area (Å²) in [6, 6.07) is 0. The monoisotopic (exact) mass is 365 g/mol. The number of rotatable bonds is 13. The van der Waals surface area contributed by atoms with E-state index in [4.69, 9.17) is 28.1 Å². The molecule has 0 rings (SSSR count). The minimum Gasteiger partial charge on any atom is -0.461 e. The Balaban J connectivity index is 4.57. The van der Waals surface area contributed by atoms with Crippen molar-refractivity contribution in [2.45, 2.75) is 31.8 Å². The summed E-state index contributed by atoms with van der Waals surface area (Å²) in [4.78, 5) is 37.4. The van der Waals surface area contributed by atoms with Crippen molar-refractivity contribution < 1.29 is 28.6 Å². The molecular formula is C19H27NO6. The molecule has 0 amide bonds. The lowest BCUT2D eigenvalue weighted by Crippen LogP contribution is -2.27. The van der Waals surface area contributed by atoms with E-state index < -0.39 is 24.0 Å². The number of allylic oxidation sites excluding steroid dienone is 2. The molecule has 0 atom stereocenters. The highest BCUT2D eigenvalue weighted by Crippen LogP contribution is 2.10. The molecule has 144 valence electrons. The zero-order chi connectivity index (χ0) is 19.8. The van der Waals surface area contributed by atoms with Gasteiger partial charge in [-0.05, 0) is 40.9 Å². The Morgan fingerprint density at radius 3 is 1.85 bits per heavy atom. The zero-order valence-electron chi connectivity index (χ0n) is 15.4. The lowest BCUT2D eigenvalue weighted by molar-refractivity contribution is -0.158. The van der Waals surface area contributed by atoms with Gasteiger partial charge in [0.2, 0.25) is 0 Å². The largest absolute Gasteiger partial charge is 0.461 e. The highest BCUT2D eigenvalue weighted by molar-refractivity contribution is 5.76. The molecule has 0 aromatic carbocycles. The standard InChI is InChI=1S/C19H27NO6/c1-5-7-12-24-18(22)14-16(15-19(23)25-13-8-6-2)26-17(21)10-9-11-20(3)4/h1-2,5-8,16H,9-15H2,3-4H3/b7-5+,8-6+. The average Bonchev–Trinajstić information content (AvgIpc) is 2.54. The SMILES string of the molecule is [CH]/C=C/COC(=O)CC(CC(=O)OC/C=C/[CH])OC(=O)CCCN(C)C. The Labute approximate surface area is 156 Å². The van der Waals surface area contributed by atoms with Gasteiger partial charge in [0.15, 0.2) is 0 Å². The molecule has 0 aliphatic rings. The molecule has 0 saturated carbocycles. The van der Waals surface area contributed by atoms with Crippen molar-refractivity contribution in [3.05, 3.63) is 38.2 Å². The maximum Gasteiger partial charge on any atom is 0.309 e. The normalized spacial score (nSPS) is 11.5. The highest BCUT2D eigenvalue weighted by Gasteiger charge is 2.23. The molecule has 0 heterocycles. The predicted molar refractivity (Wildman–Crippen MR) is 95.7 cm³/mol. The molecule has 0 aromatic heterocycles. The number of carbonyl (C=O) groups excluding carboxylic acids is 3. The first-order chi connectivity index (χ1) is 12.4. The summed E-state index contributed by atoms with van der Waals surface area (Å²) in [5, 5.41) is 0. The molecule has 0 bridgehead atoms. The minimum atomic E-state index is -0.953. The summed E-state index contributed by atoms with van der Waals surface area (Å²) in [7, 11) is 3.79. The molecular weight excluding hydrogens is 338 g/mol. The Hall–Kier alpha value is -2.15. The van der Waals surface area contributed by atoms with Crippen LogP contribution >= 0.6 is 0 Å². The molecule has 0 N–H and O–H groups in total. The van der Waals surface area contributed by atoms with Gasteiger partial charge in [0.1, 0.15) is 19.3 Å². The highest BCUT2D eigenvalue weighted by atomic mass is 16.6. The topological polar surface area (TPSA) is 82.1 Å². The van der Waals surface area contributed by atoms with Gasteiger partial charge < -0.3 is 19.1 Å². The molecule has 7 heteroatoms. The molecule has 0 aliphatic carbocycles. The van der Waals surface area contributed by atoms with Crippen LogP contribution in [0.15, 0.2) is 24.3 Å². The van der Waals surface area contributed by atoms with E-state index in [1.165, 1.54) is 24.3 Å². The second kappa shape index (κ2) is 15.1. The molecule has 26 heavy (non-hydrogen) atoms. The number of esters is 3. The van der Waals surface area contributed by atoms with Crippen LogP contribution < -0.4 is 0 Å². The van der Waals surface area contributed by atoms with Gasteiger partial charge in [-0.25, -0.2) is 0 Å². The molecule has 0 unspecified atom stereocenters. The molecule has 0 spiro atoms. The van der Waals surface area contributed by atoms with Crippen molar-refractivity contribution >= 4 is 17.9 Å². The Bertz CT molecular complexity index is 454. The van der Waals surface area contributed by atoms with Crippen LogP contribution in [0.5, 0.6) is 0 Å². The van der Waals surface area contributed by atoms with Crippen molar-refractivity contribution in [1.29, 1.82) is 0 Å². The fourth-order valence-electron chi connectivity index (χ4n) is 1.82. The van der Waals surface area contributed by atoms with Gasteiger partial charge in [-0.15, -0.1) is 0 Å².